The summed E-state index contributed by atoms with van der Waals surface area (Å²) in [6.45, 7) is 4.45. The highest BCUT2D eigenvalue weighted by Gasteiger charge is 2.22. The molecular weight excluding hydrogens is 274 g/mol. The monoisotopic (exact) mass is 289 g/mol. The van der Waals surface area contributed by atoms with Crippen molar-refractivity contribution in [3.8, 4) is 0 Å². The lowest BCUT2D eigenvalue weighted by atomic mass is 9.78. The van der Waals surface area contributed by atoms with E-state index in [9.17, 15) is 0 Å². The molecule has 0 aromatic heterocycles. The zero-order chi connectivity index (χ0) is 12.5. The fourth-order valence-corrected chi connectivity index (χ4v) is 2.20. The SMILES string of the molecule is CC(C)(c1ccc(N)cc1)c1ccc(Br)cc1. The maximum atomic E-state index is 5.72. The van der Waals surface area contributed by atoms with Crippen LogP contribution in [0.25, 0.3) is 0 Å². The molecular formula is C15H16BrN. The molecule has 17 heavy (non-hydrogen) atoms. The maximum absolute atomic E-state index is 5.72. The molecule has 0 aliphatic carbocycles. The van der Waals surface area contributed by atoms with E-state index in [-0.39, 0.29) is 5.41 Å². The molecule has 0 aliphatic rings. The third kappa shape index (κ3) is 2.52. The van der Waals surface area contributed by atoms with Gasteiger partial charge < -0.3 is 5.73 Å². The van der Waals surface area contributed by atoms with Gasteiger partial charge in [0, 0.05) is 15.6 Å². The Morgan fingerprint density at radius 3 is 1.71 bits per heavy atom. The van der Waals surface area contributed by atoms with Crippen molar-refractivity contribution < 1.29 is 0 Å². The number of anilines is 1. The highest BCUT2D eigenvalue weighted by molar-refractivity contribution is 9.10. The molecule has 0 saturated heterocycles. The van der Waals surface area contributed by atoms with Crippen molar-refractivity contribution in [3.63, 3.8) is 0 Å². The van der Waals surface area contributed by atoms with Gasteiger partial charge in [0.2, 0.25) is 0 Å². The van der Waals surface area contributed by atoms with Crippen molar-refractivity contribution in [2.45, 2.75) is 19.3 Å². The van der Waals surface area contributed by atoms with Gasteiger partial charge in [-0.25, -0.2) is 0 Å². The van der Waals surface area contributed by atoms with Gasteiger partial charge in [-0.3, -0.25) is 0 Å². The summed E-state index contributed by atoms with van der Waals surface area (Å²) >= 11 is 3.46. The van der Waals surface area contributed by atoms with Crippen molar-refractivity contribution in [1.82, 2.24) is 0 Å². The van der Waals surface area contributed by atoms with Gasteiger partial charge in [0.05, 0.1) is 0 Å². The second kappa shape index (κ2) is 4.53. The molecule has 2 aromatic carbocycles. The minimum Gasteiger partial charge on any atom is -0.399 e. The lowest BCUT2D eigenvalue weighted by Crippen LogP contribution is -2.18. The van der Waals surface area contributed by atoms with Crippen LogP contribution in [-0.2, 0) is 5.41 Å². The lowest BCUT2D eigenvalue weighted by Gasteiger charge is -2.26. The summed E-state index contributed by atoms with van der Waals surface area (Å²) in [7, 11) is 0. The minimum atomic E-state index is -0.00556. The lowest BCUT2D eigenvalue weighted by molar-refractivity contribution is 0.641. The second-order valence-corrected chi connectivity index (χ2v) is 5.67. The van der Waals surface area contributed by atoms with Gasteiger partial charge in [-0.1, -0.05) is 54.0 Å². The molecule has 2 rings (SSSR count). The van der Waals surface area contributed by atoms with Crippen molar-refractivity contribution in [1.29, 1.82) is 0 Å². The van der Waals surface area contributed by atoms with E-state index >= 15 is 0 Å². The van der Waals surface area contributed by atoms with E-state index in [1.807, 2.05) is 12.1 Å². The van der Waals surface area contributed by atoms with Crippen LogP contribution in [0.15, 0.2) is 53.0 Å². The van der Waals surface area contributed by atoms with Crippen LogP contribution in [0.5, 0.6) is 0 Å². The molecule has 0 heterocycles. The van der Waals surface area contributed by atoms with Gasteiger partial charge >= 0.3 is 0 Å². The van der Waals surface area contributed by atoms with Crippen molar-refractivity contribution in [2.24, 2.45) is 0 Å². The maximum Gasteiger partial charge on any atom is 0.0314 e. The third-order valence-corrected chi connectivity index (χ3v) is 3.73. The Bertz CT molecular complexity index is 450. The topological polar surface area (TPSA) is 26.0 Å². The second-order valence-electron chi connectivity index (χ2n) is 4.75. The van der Waals surface area contributed by atoms with Crippen LogP contribution in [0.3, 0.4) is 0 Å². The van der Waals surface area contributed by atoms with Gasteiger partial charge in [0.15, 0.2) is 0 Å². The highest BCUT2D eigenvalue weighted by atomic mass is 79.9. The number of rotatable bonds is 2. The van der Waals surface area contributed by atoms with Crippen molar-refractivity contribution in [3.05, 3.63) is 64.1 Å². The van der Waals surface area contributed by atoms with Crippen LogP contribution in [0.1, 0.15) is 25.0 Å². The van der Waals surface area contributed by atoms with Gasteiger partial charge in [0.25, 0.3) is 0 Å². The Labute approximate surface area is 111 Å². The number of nitrogens with two attached hydrogens (primary N) is 1. The van der Waals surface area contributed by atoms with E-state index in [2.05, 4.69) is 66.2 Å². The van der Waals surface area contributed by atoms with Gasteiger partial charge in [-0.2, -0.15) is 0 Å². The first-order valence-electron chi connectivity index (χ1n) is 5.62. The Morgan fingerprint density at radius 2 is 1.24 bits per heavy atom. The summed E-state index contributed by atoms with van der Waals surface area (Å²) in [6, 6.07) is 16.6. The van der Waals surface area contributed by atoms with Gasteiger partial charge in [-0.05, 0) is 35.4 Å². The summed E-state index contributed by atoms with van der Waals surface area (Å²) in [5.74, 6) is 0. The predicted molar refractivity (Wildman–Crippen MR) is 77.1 cm³/mol. The van der Waals surface area contributed by atoms with E-state index in [1.165, 1.54) is 11.1 Å². The summed E-state index contributed by atoms with van der Waals surface area (Å²) < 4.78 is 1.11. The molecule has 2 heteroatoms. The van der Waals surface area contributed by atoms with Gasteiger partial charge in [0.1, 0.15) is 0 Å². The molecule has 2 N–H and O–H groups in total. The molecule has 0 amide bonds. The molecule has 0 radical (unpaired) electrons. The smallest absolute Gasteiger partial charge is 0.0314 e. The molecule has 0 saturated carbocycles. The summed E-state index contributed by atoms with van der Waals surface area (Å²) in [4.78, 5) is 0. The Kier molecular flexibility index (Phi) is 3.25. The molecule has 0 bridgehead atoms. The minimum absolute atomic E-state index is 0.00556. The van der Waals surface area contributed by atoms with Crippen LogP contribution in [-0.4, -0.2) is 0 Å². The number of halogens is 1. The first kappa shape index (κ1) is 12.2. The highest BCUT2D eigenvalue weighted by Crippen LogP contribution is 2.32. The van der Waals surface area contributed by atoms with Crippen LogP contribution in [0.2, 0.25) is 0 Å². The van der Waals surface area contributed by atoms with Crippen LogP contribution >= 0.6 is 15.9 Å². The van der Waals surface area contributed by atoms with Gasteiger partial charge in [-0.15, -0.1) is 0 Å². The van der Waals surface area contributed by atoms with E-state index in [4.69, 9.17) is 5.73 Å². The average Bonchev–Trinajstić information content (AvgIpc) is 2.30. The van der Waals surface area contributed by atoms with Crippen molar-refractivity contribution in [2.75, 3.05) is 5.73 Å². The molecule has 1 nitrogen and oxygen atoms in total. The van der Waals surface area contributed by atoms with Crippen LogP contribution in [0.4, 0.5) is 5.69 Å². The Balaban J connectivity index is 2.41. The zero-order valence-corrected chi connectivity index (χ0v) is 11.7. The molecule has 0 spiro atoms. The van der Waals surface area contributed by atoms with E-state index in [0.717, 1.165) is 10.2 Å². The number of hydrogen-bond acceptors (Lipinski definition) is 1. The van der Waals surface area contributed by atoms with Crippen LogP contribution < -0.4 is 5.73 Å². The number of nitrogen functional groups attached to an aromatic ring is 1. The molecule has 0 aliphatic heterocycles. The molecule has 0 unspecified atom stereocenters. The first-order valence-corrected chi connectivity index (χ1v) is 6.41. The van der Waals surface area contributed by atoms with E-state index < -0.39 is 0 Å². The molecule has 2 aromatic rings. The summed E-state index contributed by atoms with van der Waals surface area (Å²) in [5.41, 5.74) is 9.09. The molecule has 0 fully saturated rings. The summed E-state index contributed by atoms with van der Waals surface area (Å²) in [6.07, 6.45) is 0. The number of hydrogen-bond donors (Lipinski definition) is 1. The predicted octanol–water partition coefficient (Wildman–Crippen LogP) is 4.36. The third-order valence-electron chi connectivity index (χ3n) is 3.20. The summed E-state index contributed by atoms with van der Waals surface area (Å²) in [5, 5.41) is 0. The fraction of sp³-hybridized carbons (Fsp3) is 0.200. The zero-order valence-electron chi connectivity index (χ0n) is 10.1. The fourth-order valence-electron chi connectivity index (χ4n) is 1.93. The van der Waals surface area contributed by atoms with Crippen LogP contribution in [0, 0.1) is 0 Å². The quantitative estimate of drug-likeness (QED) is 0.817. The number of benzene rings is 2. The Morgan fingerprint density at radius 1 is 0.824 bits per heavy atom. The van der Waals surface area contributed by atoms with E-state index in [0.29, 0.717) is 0 Å². The van der Waals surface area contributed by atoms with E-state index in [1.54, 1.807) is 0 Å². The average molecular weight is 290 g/mol. The largest absolute Gasteiger partial charge is 0.399 e. The Hall–Kier alpha value is -1.28. The molecule has 0 atom stereocenters. The standard InChI is InChI=1S/C15H16BrN/c1-15(2,11-3-7-13(16)8-4-11)12-5-9-14(17)10-6-12/h3-10H,17H2,1-2H3. The van der Waals surface area contributed by atoms with Crippen molar-refractivity contribution >= 4 is 21.6 Å². The first-order chi connectivity index (χ1) is 8.00. The normalized spacial score (nSPS) is 11.5. The molecule has 88 valence electrons.